The number of ether oxygens (including phenoxy) is 1. The topological polar surface area (TPSA) is 64.3 Å². The van der Waals surface area contributed by atoms with Gasteiger partial charge in [0.15, 0.2) is 0 Å². The van der Waals surface area contributed by atoms with Crippen LogP contribution >= 0.6 is 0 Å². The molecule has 94 valence electrons. The monoisotopic (exact) mass is 236 g/mol. The van der Waals surface area contributed by atoms with Crippen LogP contribution in [0.1, 0.15) is 20.8 Å². The number of hydrogen-bond acceptors (Lipinski definition) is 3. The highest BCUT2D eigenvalue weighted by molar-refractivity contribution is 5.95. The Hall–Kier alpha value is -1.55. The highest BCUT2D eigenvalue weighted by Gasteiger charge is 2.27. The van der Waals surface area contributed by atoms with Crippen LogP contribution in [0.4, 0.5) is 5.69 Å². The van der Waals surface area contributed by atoms with Gasteiger partial charge >= 0.3 is 0 Å². The average molecular weight is 236 g/mol. The number of benzene rings is 1. The highest BCUT2D eigenvalue weighted by atomic mass is 16.5. The quantitative estimate of drug-likeness (QED) is 0.843. The van der Waals surface area contributed by atoms with Gasteiger partial charge in [-0.05, 0) is 29.7 Å². The second-order valence-corrected chi connectivity index (χ2v) is 5.06. The van der Waals surface area contributed by atoms with Crippen molar-refractivity contribution in [2.75, 3.05) is 12.4 Å². The van der Waals surface area contributed by atoms with Gasteiger partial charge < -0.3 is 15.8 Å². The van der Waals surface area contributed by atoms with Gasteiger partial charge in [-0.1, -0.05) is 20.8 Å². The first-order chi connectivity index (χ1) is 7.84. The third-order valence-corrected chi connectivity index (χ3v) is 2.57. The molecule has 0 saturated heterocycles. The molecule has 1 atom stereocenters. The van der Waals surface area contributed by atoms with E-state index >= 15 is 0 Å². The van der Waals surface area contributed by atoms with Crippen molar-refractivity contribution in [2.24, 2.45) is 11.1 Å². The lowest BCUT2D eigenvalue weighted by Gasteiger charge is -2.25. The zero-order valence-electron chi connectivity index (χ0n) is 10.8. The fraction of sp³-hybridized carbons (Fsp3) is 0.462. The molecule has 0 saturated carbocycles. The molecule has 0 aromatic heterocycles. The third kappa shape index (κ3) is 3.75. The van der Waals surface area contributed by atoms with Crippen LogP contribution in [0, 0.1) is 5.41 Å². The molecule has 1 aromatic rings. The van der Waals surface area contributed by atoms with Crippen molar-refractivity contribution in [1.82, 2.24) is 0 Å². The van der Waals surface area contributed by atoms with Crippen molar-refractivity contribution in [2.45, 2.75) is 26.8 Å². The third-order valence-electron chi connectivity index (χ3n) is 2.57. The van der Waals surface area contributed by atoms with E-state index in [-0.39, 0.29) is 11.3 Å². The number of hydrogen-bond donors (Lipinski definition) is 2. The molecule has 0 bridgehead atoms. The molecule has 1 amide bonds. The molecule has 4 heteroatoms. The summed E-state index contributed by atoms with van der Waals surface area (Å²) in [5, 5.41) is 2.78. The number of nitrogens with two attached hydrogens (primary N) is 1. The Morgan fingerprint density at radius 2 is 1.82 bits per heavy atom. The number of anilines is 1. The first-order valence-electron chi connectivity index (χ1n) is 5.55. The Morgan fingerprint density at radius 3 is 2.24 bits per heavy atom. The molecular formula is C13H20N2O2. The Balaban J connectivity index is 2.68. The fourth-order valence-electron chi connectivity index (χ4n) is 1.29. The fourth-order valence-corrected chi connectivity index (χ4v) is 1.29. The van der Waals surface area contributed by atoms with Crippen molar-refractivity contribution in [1.29, 1.82) is 0 Å². The molecule has 0 aliphatic heterocycles. The van der Waals surface area contributed by atoms with Crippen LogP contribution in [0.15, 0.2) is 24.3 Å². The normalized spacial score (nSPS) is 13.0. The maximum absolute atomic E-state index is 11.8. The summed E-state index contributed by atoms with van der Waals surface area (Å²) < 4.78 is 5.04. The lowest BCUT2D eigenvalue weighted by atomic mass is 9.87. The van der Waals surface area contributed by atoms with Gasteiger partial charge in [-0.15, -0.1) is 0 Å². The summed E-state index contributed by atoms with van der Waals surface area (Å²) >= 11 is 0. The first kappa shape index (κ1) is 13.5. The first-order valence-corrected chi connectivity index (χ1v) is 5.55. The van der Waals surface area contributed by atoms with Crippen LogP contribution in [0.3, 0.4) is 0 Å². The maximum atomic E-state index is 11.8. The molecule has 3 N–H and O–H groups in total. The highest BCUT2D eigenvalue weighted by Crippen LogP contribution is 2.20. The number of carbonyl (C=O) groups excluding carboxylic acids is 1. The molecule has 0 aliphatic rings. The molecule has 0 fully saturated rings. The largest absolute Gasteiger partial charge is 0.497 e. The van der Waals surface area contributed by atoms with Crippen LogP contribution in [0.2, 0.25) is 0 Å². The van der Waals surface area contributed by atoms with Gasteiger partial charge in [0.1, 0.15) is 5.75 Å². The maximum Gasteiger partial charge on any atom is 0.241 e. The summed E-state index contributed by atoms with van der Waals surface area (Å²) in [6, 6.07) is 6.61. The molecule has 4 nitrogen and oxygen atoms in total. The number of nitrogens with one attached hydrogen (secondary N) is 1. The SMILES string of the molecule is COc1ccc(NC(=O)C(N)C(C)(C)C)cc1. The minimum Gasteiger partial charge on any atom is -0.497 e. The summed E-state index contributed by atoms with van der Waals surface area (Å²) in [5.74, 6) is 0.575. The lowest BCUT2D eigenvalue weighted by molar-refractivity contribution is -0.119. The van der Waals surface area contributed by atoms with Gasteiger partial charge in [-0.2, -0.15) is 0 Å². The zero-order chi connectivity index (χ0) is 13.1. The second-order valence-electron chi connectivity index (χ2n) is 5.06. The van der Waals surface area contributed by atoms with E-state index in [4.69, 9.17) is 10.5 Å². The smallest absolute Gasteiger partial charge is 0.241 e. The second kappa shape index (κ2) is 5.19. The van der Waals surface area contributed by atoms with E-state index in [0.29, 0.717) is 0 Å². The molecule has 1 rings (SSSR count). The summed E-state index contributed by atoms with van der Waals surface area (Å²) in [4.78, 5) is 11.8. The Morgan fingerprint density at radius 1 is 1.29 bits per heavy atom. The van der Waals surface area contributed by atoms with Crippen LogP contribution in [-0.4, -0.2) is 19.1 Å². The van der Waals surface area contributed by atoms with Crippen molar-refractivity contribution < 1.29 is 9.53 Å². The molecule has 0 heterocycles. The predicted molar refractivity (Wildman–Crippen MR) is 69.1 cm³/mol. The van der Waals surface area contributed by atoms with Crippen LogP contribution < -0.4 is 15.8 Å². The molecule has 0 radical (unpaired) electrons. The zero-order valence-corrected chi connectivity index (χ0v) is 10.8. The van der Waals surface area contributed by atoms with E-state index in [1.165, 1.54) is 0 Å². The standard InChI is InChI=1S/C13H20N2O2/c1-13(2,3)11(14)12(16)15-9-5-7-10(17-4)8-6-9/h5-8,11H,14H2,1-4H3,(H,15,16). The number of carbonyl (C=O) groups is 1. The Bertz CT molecular complexity index is 379. The van der Waals surface area contributed by atoms with Gasteiger partial charge in [0.05, 0.1) is 13.2 Å². The molecule has 17 heavy (non-hydrogen) atoms. The van der Waals surface area contributed by atoms with E-state index < -0.39 is 6.04 Å². The molecule has 1 unspecified atom stereocenters. The minimum atomic E-state index is -0.537. The minimum absolute atomic E-state index is 0.178. The Kier molecular flexibility index (Phi) is 4.12. The van der Waals surface area contributed by atoms with Crippen molar-refractivity contribution in [3.05, 3.63) is 24.3 Å². The summed E-state index contributed by atoms with van der Waals surface area (Å²) in [6.07, 6.45) is 0. The average Bonchev–Trinajstić information content (AvgIpc) is 2.27. The van der Waals surface area contributed by atoms with Gasteiger partial charge in [0.2, 0.25) is 5.91 Å². The molecular weight excluding hydrogens is 216 g/mol. The number of methoxy groups -OCH3 is 1. The summed E-state index contributed by atoms with van der Waals surface area (Å²) in [6.45, 7) is 5.81. The van der Waals surface area contributed by atoms with Gasteiger partial charge in [0, 0.05) is 5.69 Å². The molecule has 0 aliphatic carbocycles. The Labute approximate surface area is 102 Å². The van der Waals surface area contributed by atoms with E-state index in [1.807, 2.05) is 20.8 Å². The van der Waals surface area contributed by atoms with Gasteiger partial charge in [-0.3, -0.25) is 4.79 Å². The molecule has 1 aromatic carbocycles. The van der Waals surface area contributed by atoms with E-state index in [1.54, 1.807) is 31.4 Å². The van der Waals surface area contributed by atoms with Crippen LogP contribution in [0.25, 0.3) is 0 Å². The summed E-state index contributed by atoms with van der Waals surface area (Å²) in [7, 11) is 1.60. The summed E-state index contributed by atoms with van der Waals surface area (Å²) in [5.41, 5.74) is 6.33. The molecule has 0 spiro atoms. The van der Waals surface area contributed by atoms with Gasteiger partial charge in [0.25, 0.3) is 0 Å². The van der Waals surface area contributed by atoms with Crippen molar-refractivity contribution >= 4 is 11.6 Å². The van der Waals surface area contributed by atoms with Crippen molar-refractivity contribution in [3.8, 4) is 5.75 Å². The number of amides is 1. The van der Waals surface area contributed by atoms with E-state index in [9.17, 15) is 4.79 Å². The van der Waals surface area contributed by atoms with Crippen molar-refractivity contribution in [3.63, 3.8) is 0 Å². The van der Waals surface area contributed by atoms with Gasteiger partial charge in [-0.25, -0.2) is 0 Å². The predicted octanol–water partition coefficient (Wildman–Crippen LogP) is 2.01. The van der Waals surface area contributed by atoms with E-state index in [2.05, 4.69) is 5.32 Å². The van der Waals surface area contributed by atoms with Crippen LogP contribution in [0.5, 0.6) is 5.75 Å². The number of rotatable bonds is 3. The van der Waals surface area contributed by atoms with E-state index in [0.717, 1.165) is 11.4 Å². The van der Waals surface area contributed by atoms with Crippen LogP contribution in [-0.2, 0) is 4.79 Å². The lowest BCUT2D eigenvalue weighted by Crippen LogP contribution is -2.45.